The van der Waals surface area contributed by atoms with Crippen molar-refractivity contribution in [2.24, 2.45) is 0 Å². The number of amides is 1. The van der Waals surface area contributed by atoms with Crippen molar-refractivity contribution >= 4 is 11.6 Å². The molecule has 1 heterocycles. The average Bonchev–Trinajstić information content (AvgIpc) is 2.58. The third kappa shape index (κ3) is 1.78. The van der Waals surface area contributed by atoms with Gasteiger partial charge in [-0.25, -0.2) is 0 Å². The number of nitrogens with one attached hydrogen (secondary N) is 2. The number of hydrogen-bond acceptors (Lipinski definition) is 3. The fourth-order valence-electron chi connectivity index (χ4n) is 2.28. The van der Waals surface area contributed by atoms with E-state index >= 15 is 0 Å². The van der Waals surface area contributed by atoms with E-state index in [1.54, 1.807) is 7.05 Å². The van der Waals surface area contributed by atoms with Crippen LogP contribution in [0.4, 0.5) is 5.69 Å². The third-order valence-corrected chi connectivity index (χ3v) is 3.50. The number of anilines is 1. The fraction of sp³-hybridized carbons (Fsp3) is 0.462. The molecule has 1 fully saturated rings. The summed E-state index contributed by atoms with van der Waals surface area (Å²) >= 11 is 0. The molecule has 1 unspecified atom stereocenters. The van der Waals surface area contributed by atoms with Gasteiger partial charge in [-0.1, -0.05) is 6.07 Å². The molecule has 2 N–H and O–H groups in total. The van der Waals surface area contributed by atoms with Gasteiger partial charge in [-0.2, -0.15) is 0 Å². The van der Waals surface area contributed by atoms with Crippen molar-refractivity contribution in [2.45, 2.75) is 31.4 Å². The first-order valence-corrected chi connectivity index (χ1v) is 6.06. The molecule has 3 rings (SSSR count). The molecule has 1 saturated carbocycles. The van der Waals surface area contributed by atoms with Gasteiger partial charge in [0.15, 0.2) is 0 Å². The van der Waals surface area contributed by atoms with E-state index in [2.05, 4.69) is 10.6 Å². The monoisotopic (exact) mass is 232 g/mol. The quantitative estimate of drug-likeness (QED) is 0.836. The number of ether oxygens (including phenoxy) is 1. The number of carbonyl (C=O) groups is 1. The van der Waals surface area contributed by atoms with Crippen LogP contribution in [0.3, 0.4) is 0 Å². The van der Waals surface area contributed by atoms with Gasteiger partial charge in [0.05, 0.1) is 6.10 Å². The largest absolute Gasteiger partial charge is 0.490 e. The normalized spacial score (nSPS) is 22.9. The van der Waals surface area contributed by atoms with Crippen LogP contribution in [0.1, 0.15) is 30.9 Å². The molecule has 2 aliphatic rings. The van der Waals surface area contributed by atoms with Crippen molar-refractivity contribution < 1.29 is 9.53 Å². The van der Waals surface area contributed by atoms with Gasteiger partial charge < -0.3 is 15.4 Å². The van der Waals surface area contributed by atoms with E-state index in [4.69, 9.17) is 4.74 Å². The van der Waals surface area contributed by atoms with Crippen LogP contribution in [0.25, 0.3) is 0 Å². The first kappa shape index (κ1) is 10.6. The summed E-state index contributed by atoms with van der Waals surface area (Å²) < 4.78 is 5.81. The van der Waals surface area contributed by atoms with Crippen molar-refractivity contribution in [3.8, 4) is 5.75 Å². The first-order chi connectivity index (χ1) is 8.28. The van der Waals surface area contributed by atoms with Crippen LogP contribution in [0.5, 0.6) is 5.75 Å². The lowest BCUT2D eigenvalue weighted by Gasteiger charge is -2.26. The second-order valence-corrected chi connectivity index (χ2v) is 4.63. The van der Waals surface area contributed by atoms with Crippen LogP contribution in [0, 0.1) is 0 Å². The molecule has 1 aliphatic heterocycles. The van der Waals surface area contributed by atoms with Crippen molar-refractivity contribution in [3.05, 3.63) is 23.8 Å². The number of rotatable bonds is 3. The topological polar surface area (TPSA) is 50.4 Å². The molecular weight excluding hydrogens is 216 g/mol. The van der Waals surface area contributed by atoms with Crippen LogP contribution in [-0.2, 0) is 4.79 Å². The number of fused-ring (bicyclic) bond motifs is 1. The molecular formula is C13H16N2O2. The zero-order valence-corrected chi connectivity index (χ0v) is 9.82. The molecule has 4 nitrogen and oxygen atoms in total. The van der Waals surface area contributed by atoms with Gasteiger partial charge in [-0.05, 0) is 32.4 Å². The Labute approximate surface area is 100 Å². The maximum atomic E-state index is 11.6. The van der Waals surface area contributed by atoms with E-state index in [0.29, 0.717) is 6.10 Å². The van der Waals surface area contributed by atoms with Crippen LogP contribution >= 0.6 is 0 Å². The number of hydrogen-bond donors (Lipinski definition) is 2. The maximum Gasteiger partial charge on any atom is 0.246 e. The zero-order chi connectivity index (χ0) is 11.8. The van der Waals surface area contributed by atoms with Gasteiger partial charge in [-0.15, -0.1) is 0 Å². The zero-order valence-electron chi connectivity index (χ0n) is 9.82. The van der Waals surface area contributed by atoms with Crippen molar-refractivity contribution in [1.82, 2.24) is 5.32 Å². The summed E-state index contributed by atoms with van der Waals surface area (Å²) in [6.07, 6.45) is 3.91. The molecule has 1 aromatic carbocycles. The van der Waals surface area contributed by atoms with Crippen molar-refractivity contribution in [3.63, 3.8) is 0 Å². The molecule has 17 heavy (non-hydrogen) atoms. The standard InChI is InChI=1S/C13H16N2O2/c1-14-12-10-6-5-9(17-8-3-2-4-8)7-11(10)15-13(12)16/h5-8,12,14H,2-4H2,1H3,(H,15,16). The summed E-state index contributed by atoms with van der Waals surface area (Å²) in [5.74, 6) is 0.855. The Hall–Kier alpha value is -1.55. The van der Waals surface area contributed by atoms with E-state index in [0.717, 1.165) is 29.8 Å². The van der Waals surface area contributed by atoms with Gasteiger partial charge >= 0.3 is 0 Å². The molecule has 0 saturated heterocycles. The summed E-state index contributed by atoms with van der Waals surface area (Å²) in [5, 5.41) is 5.87. The highest BCUT2D eigenvalue weighted by atomic mass is 16.5. The van der Waals surface area contributed by atoms with E-state index in [9.17, 15) is 4.79 Å². The third-order valence-electron chi connectivity index (χ3n) is 3.50. The Morgan fingerprint density at radius 2 is 2.24 bits per heavy atom. The number of carbonyl (C=O) groups excluding carboxylic acids is 1. The predicted octanol–water partition coefficient (Wildman–Crippen LogP) is 1.83. The van der Waals surface area contributed by atoms with Gasteiger partial charge in [0, 0.05) is 17.3 Å². The van der Waals surface area contributed by atoms with Crippen molar-refractivity contribution in [2.75, 3.05) is 12.4 Å². The molecule has 0 bridgehead atoms. The molecule has 1 aliphatic carbocycles. The molecule has 1 amide bonds. The Kier molecular flexibility index (Phi) is 2.52. The smallest absolute Gasteiger partial charge is 0.246 e. The highest BCUT2D eigenvalue weighted by Gasteiger charge is 2.29. The predicted molar refractivity (Wildman–Crippen MR) is 65.1 cm³/mol. The molecule has 0 spiro atoms. The summed E-state index contributed by atoms with van der Waals surface area (Å²) in [5.41, 5.74) is 1.87. The van der Waals surface area contributed by atoms with E-state index < -0.39 is 0 Å². The fourth-order valence-corrected chi connectivity index (χ4v) is 2.28. The minimum atomic E-state index is -0.234. The van der Waals surface area contributed by atoms with Crippen LogP contribution in [0.15, 0.2) is 18.2 Å². The lowest BCUT2D eigenvalue weighted by Crippen LogP contribution is -2.24. The molecule has 90 valence electrons. The number of benzene rings is 1. The van der Waals surface area contributed by atoms with Gasteiger partial charge in [0.1, 0.15) is 11.8 Å². The maximum absolute atomic E-state index is 11.6. The molecule has 0 radical (unpaired) electrons. The highest BCUT2D eigenvalue weighted by Crippen LogP contribution is 2.35. The second-order valence-electron chi connectivity index (χ2n) is 4.63. The summed E-state index contributed by atoms with van der Waals surface area (Å²) in [6, 6.07) is 5.59. The first-order valence-electron chi connectivity index (χ1n) is 6.06. The van der Waals surface area contributed by atoms with Crippen LogP contribution in [-0.4, -0.2) is 19.1 Å². The second kappa shape index (κ2) is 4.04. The van der Waals surface area contributed by atoms with E-state index in [1.165, 1.54) is 6.42 Å². The Morgan fingerprint density at radius 3 is 2.88 bits per heavy atom. The minimum Gasteiger partial charge on any atom is -0.490 e. The Morgan fingerprint density at radius 1 is 1.41 bits per heavy atom. The van der Waals surface area contributed by atoms with Crippen LogP contribution < -0.4 is 15.4 Å². The minimum absolute atomic E-state index is 0.00305. The number of likely N-dealkylation sites (N-methyl/N-ethyl adjacent to an activating group) is 1. The Bertz CT molecular complexity index is 455. The van der Waals surface area contributed by atoms with Gasteiger partial charge in [0.25, 0.3) is 0 Å². The average molecular weight is 232 g/mol. The molecule has 1 aromatic rings. The van der Waals surface area contributed by atoms with Gasteiger partial charge in [-0.3, -0.25) is 4.79 Å². The summed E-state index contributed by atoms with van der Waals surface area (Å²) in [7, 11) is 1.79. The van der Waals surface area contributed by atoms with E-state index in [1.807, 2.05) is 18.2 Å². The molecule has 0 aromatic heterocycles. The van der Waals surface area contributed by atoms with E-state index in [-0.39, 0.29) is 11.9 Å². The highest BCUT2D eigenvalue weighted by molar-refractivity contribution is 6.02. The SMILES string of the molecule is CNC1C(=O)Nc2cc(OC3CCC3)ccc21. The summed E-state index contributed by atoms with van der Waals surface area (Å²) in [4.78, 5) is 11.6. The van der Waals surface area contributed by atoms with Gasteiger partial charge in [0.2, 0.25) is 5.91 Å². The van der Waals surface area contributed by atoms with Crippen LogP contribution in [0.2, 0.25) is 0 Å². The lowest BCUT2D eigenvalue weighted by molar-refractivity contribution is -0.117. The Balaban J connectivity index is 1.82. The van der Waals surface area contributed by atoms with Crippen molar-refractivity contribution in [1.29, 1.82) is 0 Å². The lowest BCUT2D eigenvalue weighted by atomic mass is 9.96. The summed E-state index contributed by atoms with van der Waals surface area (Å²) in [6.45, 7) is 0. The molecule has 1 atom stereocenters. The molecule has 4 heteroatoms.